The number of carbonyl (C=O) groups excluding carboxylic acids is 1. The third kappa shape index (κ3) is 3.04. The van der Waals surface area contributed by atoms with E-state index in [2.05, 4.69) is 11.1 Å². The minimum Gasteiger partial charge on any atom is -0.410 e. The molecule has 0 aromatic heterocycles. The zero-order valence-corrected chi connectivity index (χ0v) is 15.6. The third-order valence-corrected chi connectivity index (χ3v) is 3.99. The Hall–Kier alpha value is -0.536. The molecule has 2 atom stereocenters. The van der Waals surface area contributed by atoms with Gasteiger partial charge in [-0.3, -0.25) is 0 Å². The molecule has 4 heteroatoms. The summed E-state index contributed by atoms with van der Waals surface area (Å²) in [5.41, 5.74) is 1.40. The van der Waals surface area contributed by atoms with E-state index in [-0.39, 0.29) is 50.5 Å². The molecule has 1 heterocycles. The molecule has 20 heavy (non-hydrogen) atoms. The maximum atomic E-state index is 12.0. The second kappa shape index (κ2) is 6.49. The largest absolute Gasteiger partial charge is 3.00 e. The molecule has 0 bridgehead atoms. The third-order valence-electron chi connectivity index (χ3n) is 3.99. The number of benzene rings is 1. The Morgan fingerprint density at radius 2 is 2.00 bits per heavy atom. The molecule has 2 unspecified atom stereocenters. The molecular weight excluding hydrogens is 327 g/mol. The maximum absolute atomic E-state index is 12.0. The molecule has 1 aliphatic rings. The number of hydrogen-bond donors (Lipinski definition) is 0. The van der Waals surface area contributed by atoms with Crippen molar-refractivity contribution < 1.29 is 42.2 Å². The van der Waals surface area contributed by atoms with Crippen LogP contribution in [0.15, 0.2) is 23.2 Å². The van der Waals surface area contributed by atoms with Crippen molar-refractivity contribution in [2.45, 2.75) is 46.1 Å². The first-order chi connectivity index (χ1) is 8.86. The minimum atomic E-state index is -0.758. The van der Waals surface area contributed by atoms with Crippen LogP contribution < -0.4 is 0 Å². The first-order valence-corrected chi connectivity index (χ1v) is 6.65. The van der Waals surface area contributed by atoms with E-state index in [0.29, 0.717) is 5.90 Å². The van der Waals surface area contributed by atoms with Crippen LogP contribution in [0.1, 0.15) is 44.7 Å². The van der Waals surface area contributed by atoms with E-state index < -0.39 is 5.54 Å². The van der Waals surface area contributed by atoms with Gasteiger partial charge in [-0.2, -0.15) is 29.8 Å². The Bertz CT molecular complexity index is 539. The molecule has 0 fully saturated rings. The number of nitrogens with zero attached hydrogens (tertiary/aromatic N) is 1. The van der Waals surface area contributed by atoms with Crippen LogP contribution in [-0.2, 0) is 42.2 Å². The minimum absolute atomic E-state index is 0. The Morgan fingerprint density at radius 1 is 1.35 bits per heavy atom. The molecule has 2 rings (SSSR count). The fourth-order valence-corrected chi connectivity index (χ4v) is 2.17. The summed E-state index contributed by atoms with van der Waals surface area (Å²) in [7, 11) is 0. The monoisotopic (exact) mass is 347 g/mol. The van der Waals surface area contributed by atoms with Gasteiger partial charge in [-0.05, 0) is 12.8 Å². The number of rotatable bonds is 3. The quantitative estimate of drug-likeness (QED) is 0.622. The van der Waals surface area contributed by atoms with Crippen LogP contribution in [0.3, 0.4) is 0 Å². The van der Waals surface area contributed by atoms with Gasteiger partial charge in [0.05, 0.1) is 0 Å². The van der Waals surface area contributed by atoms with Crippen LogP contribution in [0.5, 0.6) is 0 Å². The van der Waals surface area contributed by atoms with Crippen molar-refractivity contribution in [2.75, 3.05) is 0 Å². The fraction of sp³-hybridized carbons (Fsp3) is 0.500. The van der Waals surface area contributed by atoms with Crippen molar-refractivity contribution >= 4 is 11.9 Å². The van der Waals surface area contributed by atoms with Gasteiger partial charge in [0.15, 0.2) is 11.4 Å². The zero-order chi connectivity index (χ0) is 14.2. The van der Waals surface area contributed by atoms with Crippen LogP contribution in [0.4, 0.5) is 0 Å². The first-order valence-electron chi connectivity index (χ1n) is 6.65. The van der Waals surface area contributed by atoms with Gasteiger partial charge in [0, 0.05) is 5.92 Å². The Morgan fingerprint density at radius 3 is 2.50 bits per heavy atom. The Kier molecular flexibility index (Phi) is 5.68. The molecule has 0 amide bonds. The van der Waals surface area contributed by atoms with E-state index in [0.717, 1.165) is 11.1 Å². The van der Waals surface area contributed by atoms with E-state index in [1.807, 2.05) is 52.8 Å². The van der Waals surface area contributed by atoms with Gasteiger partial charge in [0.2, 0.25) is 0 Å². The van der Waals surface area contributed by atoms with Gasteiger partial charge in [0.25, 0.3) is 0 Å². The summed E-state index contributed by atoms with van der Waals surface area (Å²) in [5.74, 6) is 0.320. The van der Waals surface area contributed by atoms with Crippen molar-refractivity contribution in [3.63, 3.8) is 0 Å². The van der Waals surface area contributed by atoms with Crippen molar-refractivity contribution in [1.82, 2.24) is 0 Å². The van der Waals surface area contributed by atoms with Gasteiger partial charge >= 0.3 is 38.7 Å². The van der Waals surface area contributed by atoms with Gasteiger partial charge in [-0.25, -0.2) is 9.79 Å². The van der Waals surface area contributed by atoms with Crippen LogP contribution >= 0.6 is 0 Å². The van der Waals surface area contributed by atoms with Gasteiger partial charge in [0.1, 0.15) is 0 Å². The molecule has 1 aromatic carbocycles. The topological polar surface area (TPSA) is 38.7 Å². The number of carbonyl (C=O) groups is 1. The molecule has 3 nitrogen and oxygen atoms in total. The van der Waals surface area contributed by atoms with Gasteiger partial charge < -0.3 is 4.74 Å². The average Bonchev–Trinajstić information content (AvgIpc) is 2.67. The molecule has 0 saturated heterocycles. The predicted molar refractivity (Wildman–Crippen MR) is 75.2 cm³/mol. The summed E-state index contributed by atoms with van der Waals surface area (Å²) in [6.07, 6.45) is 0. The van der Waals surface area contributed by atoms with Crippen molar-refractivity contribution in [3.05, 3.63) is 35.4 Å². The average molecular weight is 347 g/mol. The van der Waals surface area contributed by atoms with Crippen LogP contribution in [0.2, 0.25) is 0 Å². The fourth-order valence-electron chi connectivity index (χ4n) is 2.17. The first kappa shape index (κ1) is 17.5. The molecule has 0 N–H and O–H groups in total. The van der Waals surface area contributed by atoms with Crippen molar-refractivity contribution in [3.8, 4) is 0 Å². The summed E-state index contributed by atoms with van der Waals surface area (Å²) in [5, 5.41) is 0. The summed E-state index contributed by atoms with van der Waals surface area (Å²) in [6.45, 7) is 9.83. The molecule has 0 saturated carbocycles. The van der Waals surface area contributed by atoms with E-state index >= 15 is 0 Å². The summed E-state index contributed by atoms with van der Waals surface area (Å²) >= 11 is 0. The van der Waals surface area contributed by atoms with E-state index in [1.165, 1.54) is 0 Å². The van der Waals surface area contributed by atoms with Gasteiger partial charge in [-0.15, -0.1) is 5.56 Å². The Labute approximate surface area is 146 Å². The van der Waals surface area contributed by atoms with Crippen LogP contribution in [0, 0.1) is 18.9 Å². The molecule has 1 aliphatic heterocycles. The van der Waals surface area contributed by atoms with Crippen molar-refractivity contribution in [1.29, 1.82) is 0 Å². The molecule has 0 aliphatic carbocycles. The van der Waals surface area contributed by atoms with E-state index in [1.54, 1.807) is 0 Å². The van der Waals surface area contributed by atoms with Crippen LogP contribution in [0.25, 0.3) is 0 Å². The number of aliphatic imine (C=N–C) groups is 1. The molecule has 0 spiro atoms. The van der Waals surface area contributed by atoms with Gasteiger partial charge in [-0.1, -0.05) is 27.7 Å². The number of hydrogen-bond acceptors (Lipinski definition) is 3. The number of aryl methyl sites for hydroxylation is 1. The predicted octanol–water partition coefficient (Wildman–Crippen LogP) is 3.27. The summed E-state index contributed by atoms with van der Waals surface area (Å²) < 4.78 is 5.40. The second-order valence-electron chi connectivity index (χ2n) is 5.63. The number of esters is 1. The summed E-state index contributed by atoms with van der Waals surface area (Å²) in [4.78, 5) is 16.6. The molecule has 1 aromatic rings. The maximum Gasteiger partial charge on any atom is 3.00 e. The van der Waals surface area contributed by atoms with Crippen molar-refractivity contribution in [2.24, 2.45) is 10.9 Å². The molecular formula is C16H20NO2Y+2. The molecule has 102 valence electrons. The smallest absolute Gasteiger partial charge is 0.410 e. The summed E-state index contributed by atoms with van der Waals surface area (Å²) in [6, 6.07) is 9.07. The molecule has 0 radical (unpaired) electrons. The number of cyclic esters (lactones) is 1. The second-order valence-corrected chi connectivity index (χ2v) is 5.63. The van der Waals surface area contributed by atoms with E-state index in [4.69, 9.17) is 4.74 Å². The zero-order valence-electron chi connectivity index (χ0n) is 12.7. The normalized spacial score (nSPS) is 23.1. The standard InChI is InChI=1S/C16H20NO2.Y/c1-10(2)16(5)15(18)19-14(17-16)12(4)13-9-7-6-8-11(13)3;/h6-8,10,12H,1-5H3;/q-1;+3. The van der Waals surface area contributed by atoms with Crippen LogP contribution in [-0.4, -0.2) is 17.4 Å². The van der Waals surface area contributed by atoms with E-state index in [9.17, 15) is 4.79 Å². The number of ether oxygens (including phenoxy) is 1. The Balaban J connectivity index is 0.00000200. The SMILES string of the molecule is Cc1ccc[c-]c1C(C)C1=NC(C)(C(C)C)C(=O)O1.[Y+3].